The lowest BCUT2D eigenvalue weighted by Gasteiger charge is -2.19. The van der Waals surface area contributed by atoms with Crippen LogP contribution in [0.2, 0.25) is 0 Å². The zero-order valence-corrected chi connectivity index (χ0v) is 16.1. The number of hydrogen-bond donors (Lipinski definition) is 3. The third kappa shape index (κ3) is 5.65. The summed E-state index contributed by atoms with van der Waals surface area (Å²) >= 11 is 0. The van der Waals surface area contributed by atoms with Gasteiger partial charge in [0.15, 0.2) is 5.72 Å². The predicted octanol–water partition coefficient (Wildman–Crippen LogP) is 0.472. The van der Waals surface area contributed by atoms with Crippen molar-refractivity contribution in [3.63, 3.8) is 0 Å². The summed E-state index contributed by atoms with van der Waals surface area (Å²) in [4.78, 5) is 30.0. The lowest BCUT2D eigenvalue weighted by atomic mass is 10.1. The van der Waals surface area contributed by atoms with E-state index in [4.69, 9.17) is 15.4 Å². The number of aryl methyl sites for hydroxylation is 1. The fourth-order valence-corrected chi connectivity index (χ4v) is 2.74. The molecular formula is C16H28N6O5. The maximum atomic E-state index is 11.7. The summed E-state index contributed by atoms with van der Waals surface area (Å²) in [6.07, 6.45) is -1.04. The molecule has 3 atom stereocenters. The van der Waals surface area contributed by atoms with Gasteiger partial charge in [0, 0.05) is 23.1 Å². The van der Waals surface area contributed by atoms with Gasteiger partial charge in [0.05, 0.1) is 6.61 Å². The van der Waals surface area contributed by atoms with E-state index >= 15 is 0 Å². The van der Waals surface area contributed by atoms with Crippen LogP contribution in [0.15, 0.2) is 20.9 Å². The topological polar surface area (TPSA) is 157 Å². The SMILES string of the molecule is CCN(CC)CC.Cc1cn([C@H]2C[C@@](O)(N=[N+]=[N-])[C@@H](CO)O2)c(=O)[nH]c1=O. The van der Waals surface area contributed by atoms with Gasteiger partial charge in [-0.1, -0.05) is 25.9 Å². The van der Waals surface area contributed by atoms with Gasteiger partial charge in [0.25, 0.3) is 5.56 Å². The van der Waals surface area contributed by atoms with Crippen LogP contribution in [0.4, 0.5) is 0 Å². The van der Waals surface area contributed by atoms with E-state index < -0.39 is 35.9 Å². The van der Waals surface area contributed by atoms with Crippen molar-refractivity contribution in [2.75, 3.05) is 26.2 Å². The largest absolute Gasteiger partial charge is 0.394 e. The van der Waals surface area contributed by atoms with Crippen LogP contribution in [0, 0.1) is 6.92 Å². The molecule has 2 rings (SSSR count). The molecule has 1 fully saturated rings. The second-order valence-corrected chi connectivity index (χ2v) is 6.13. The van der Waals surface area contributed by atoms with E-state index in [9.17, 15) is 14.7 Å². The summed E-state index contributed by atoms with van der Waals surface area (Å²) in [5.41, 5.74) is 5.55. The first-order valence-electron chi connectivity index (χ1n) is 8.85. The Labute approximate surface area is 156 Å². The van der Waals surface area contributed by atoms with Crippen molar-refractivity contribution >= 4 is 0 Å². The maximum Gasteiger partial charge on any atom is 0.330 e. The molecule has 0 spiro atoms. The third-order valence-electron chi connectivity index (χ3n) is 4.49. The second kappa shape index (κ2) is 10.2. The number of nitrogens with zero attached hydrogens (tertiary/aromatic N) is 5. The quantitative estimate of drug-likeness (QED) is 0.368. The van der Waals surface area contributed by atoms with Gasteiger partial charge in [-0.05, 0) is 32.1 Å². The minimum absolute atomic E-state index is 0.215. The van der Waals surface area contributed by atoms with Gasteiger partial charge in [-0.2, -0.15) is 0 Å². The normalized spacial score (nSPS) is 24.3. The highest BCUT2D eigenvalue weighted by Gasteiger charge is 2.47. The van der Waals surface area contributed by atoms with Gasteiger partial charge in [-0.25, -0.2) is 4.79 Å². The smallest absolute Gasteiger partial charge is 0.330 e. The molecule has 1 aromatic rings. The lowest BCUT2D eigenvalue weighted by molar-refractivity contribution is -0.0797. The Hall–Kier alpha value is -2.17. The Morgan fingerprint density at radius 1 is 1.41 bits per heavy atom. The van der Waals surface area contributed by atoms with Gasteiger partial charge in [0.1, 0.15) is 12.3 Å². The summed E-state index contributed by atoms with van der Waals surface area (Å²) in [5, 5.41) is 22.5. The molecule has 0 amide bonds. The monoisotopic (exact) mass is 384 g/mol. The number of aromatic nitrogens is 2. The molecule has 1 saturated heterocycles. The van der Waals surface area contributed by atoms with E-state index in [0.717, 1.165) is 4.57 Å². The van der Waals surface area contributed by atoms with Crippen LogP contribution in [-0.4, -0.2) is 62.7 Å². The van der Waals surface area contributed by atoms with E-state index in [0.29, 0.717) is 0 Å². The minimum atomic E-state index is -1.95. The van der Waals surface area contributed by atoms with Gasteiger partial charge in [-0.3, -0.25) is 14.3 Å². The number of azide groups is 1. The van der Waals surface area contributed by atoms with Gasteiger partial charge in [0.2, 0.25) is 0 Å². The molecule has 152 valence electrons. The first kappa shape index (κ1) is 22.9. The molecule has 3 N–H and O–H groups in total. The van der Waals surface area contributed by atoms with Crippen molar-refractivity contribution in [2.24, 2.45) is 5.11 Å². The molecule has 0 radical (unpaired) electrons. The number of aliphatic hydroxyl groups is 2. The molecule has 0 aliphatic carbocycles. The Balaban J connectivity index is 0.000000445. The number of ether oxygens (including phenoxy) is 1. The number of nitrogens with one attached hydrogen (secondary N) is 1. The van der Waals surface area contributed by atoms with Crippen molar-refractivity contribution in [2.45, 2.75) is 52.2 Å². The Morgan fingerprint density at radius 2 is 2.00 bits per heavy atom. The molecule has 0 saturated carbocycles. The van der Waals surface area contributed by atoms with Crippen LogP contribution >= 0.6 is 0 Å². The average molecular weight is 384 g/mol. The molecule has 2 heterocycles. The fraction of sp³-hybridized carbons (Fsp3) is 0.750. The number of aromatic amines is 1. The summed E-state index contributed by atoms with van der Waals surface area (Å²) in [5.74, 6) is 0. The van der Waals surface area contributed by atoms with Gasteiger partial charge in [-0.15, -0.1) is 0 Å². The minimum Gasteiger partial charge on any atom is -0.394 e. The molecule has 0 bridgehead atoms. The van der Waals surface area contributed by atoms with Crippen molar-refractivity contribution in [1.29, 1.82) is 0 Å². The lowest BCUT2D eigenvalue weighted by Crippen LogP contribution is -2.38. The molecular weight excluding hydrogens is 356 g/mol. The highest BCUT2D eigenvalue weighted by molar-refractivity contribution is 5.03. The molecule has 0 aromatic carbocycles. The number of hydrogen-bond acceptors (Lipinski definition) is 7. The van der Waals surface area contributed by atoms with Crippen molar-refractivity contribution in [1.82, 2.24) is 14.5 Å². The Morgan fingerprint density at radius 3 is 2.44 bits per heavy atom. The summed E-state index contributed by atoms with van der Waals surface area (Å²) in [6.45, 7) is 11.1. The molecule has 1 aromatic heterocycles. The predicted molar refractivity (Wildman–Crippen MR) is 99.2 cm³/mol. The van der Waals surface area contributed by atoms with Gasteiger partial charge < -0.3 is 19.8 Å². The van der Waals surface area contributed by atoms with Gasteiger partial charge >= 0.3 is 5.69 Å². The number of H-pyrrole nitrogens is 1. The highest BCUT2D eigenvalue weighted by Crippen LogP contribution is 2.37. The fourth-order valence-electron chi connectivity index (χ4n) is 2.74. The maximum absolute atomic E-state index is 11.7. The van der Waals surface area contributed by atoms with E-state index in [-0.39, 0.29) is 12.0 Å². The first-order valence-corrected chi connectivity index (χ1v) is 8.85. The number of aliphatic hydroxyl groups excluding tert-OH is 1. The Bertz CT molecular complexity index is 762. The molecule has 27 heavy (non-hydrogen) atoms. The van der Waals surface area contributed by atoms with E-state index in [1.807, 2.05) is 0 Å². The summed E-state index contributed by atoms with van der Waals surface area (Å²) in [7, 11) is 0. The van der Waals surface area contributed by atoms with Crippen molar-refractivity contribution < 1.29 is 14.9 Å². The first-order chi connectivity index (χ1) is 12.8. The molecule has 1 aliphatic rings. The van der Waals surface area contributed by atoms with Crippen LogP contribution in [0.5, 0.6) is 0 Å². The van der Waals surface area contributed by atoms with Crippen LogP contribution in [0.3, 0.4) is 0 Å². The van der Waals surface area contributed by atoms with E-state index in [2.05, 4.69) is 40.7 Å². The van der Waals surface area contributed by atoms with Crippen molar-refractivity contribution in [3.05, 3.63) is 43.0 Å². The van der Waals surface area contributed by atoms with Crippen LogP contribution in [-0.2, 0) is 4.74 Å². The average Bonchev–Trinajstić information content (AvgIpc) is 2.96. The molecule has 0 unspecified atom stereocenters. The highest BCUT2D eigenvalue weighted by atomic mass is 16.6. The van der Waals surface area contributed by atoms with E-state index in [1.165, 1.54) is 32.8 Å². The standard InChI is InChI=1S/C10H13N5O5.C6H15N/c1-5-3-15(9(18)12-8(5)17)7-2-10(19,13-14-11)6(4-16)20-7;1-4-7(5-2)6-3/h3,6-7,16,19H,2,4H2,1H3,(H,12,17,18);4-6H2,1-3H3/t6-,7-,10+;/m1./s1. The zero-order chi connectivity index (χ0) is 20.6. The van der Waals surface area contributed by atoms with Crippen LogP contribution in [0.25, 0.3) is 10.4 Å². The summed E-state index contributed by atoms with van der Waals surface area (Å²) in [6, 6.07) is 0. The molecule has 1 aliphatic heterocycles. The van der Waals surface area contributed by atoms with Crippen LogP contribution in [0.1, 0.15) is 39.0 Å². The zero-order valence-electron chi connectivity index (χ0n) is 16.1. The second-order valence-electron chi connectivity index (χ2n) is 6.13. The summed E-state index contributed by atoms with van der Waals surface area (Å²) < 4.78 is 6.39. The molecule has 11 nitrogen and oxygen atoms in total. The van der Waals surface area contributed by atoms with Crippen LogP contribution < -0.4 is 11.2 Å². The number of rotatable bonds is 6. The Kier molecular flexibility index (Phi) is 8.67. The van der Waals surface area contributed by atoms with E-state index in [1.54, 1.807) is 0 Å². The molecule has 11 heteroatoms. The van der Waals surface area contributed by atoms with Crippen molar-refractivity contribution in [3.8, 4) is 0 Å². The third-order valence-corrected chi connectivity index (χ3v) is 4.49.